The normalized spacial score (nSPS) is 16.7. The Bertz CT molecular complexity index is 1390. The van der Waals surface area contributed by atoms with Gasteiger partial charge in [-0.3, -0.25) is 19.2 Å². The minimum absolute atomic E-state index is 0.0407. The van der Waals surface area contributed by atoms with Gasteiger partial charge in [0.25, 0.3) is 0 Å². The standard InChI is InChI=1S/C35H48BN5O6/c1-6-21-47-25(3)31(38-32(42)24(2)39(4)35(36)45)34(44)41-19-10-13-28(41)23-40(20-18-26-11-8-7-9-12-26)33(43)30(37)22-27-14-16-29(46-5)17-15-27/h1,7-9,11-12,14-17,24-25,28,30-31H,10,13,18-23,36-37H2,2-5H3,(H,38,42)/t24-,25+,28-,30+,31-/m0/s1. The van der Waals surface area contributed by atoms with Gasteiger partial charge in [-0.05, 0) is 62.8 Å². The van der Waals surface area contributed by atoms with E-state index in [0.717, 1.165) is 23.3 Å². The van der Waals surface area contributed by atoms with Gasteiger partial charge in [-0.1, -0.05) is 48.4 Å². The van der Waals surface area contributed by atoms with Gasteiger partial charge in [0.2, 0.25) is 25.6 Å². The summed E-state index contributed by atoms with van der Waals surface area (Å²) in [5.41, 5.74) is 8.51. The number of hydrogen-bond donors (Lipinski definition) is 2. The molecule has 0 bridgehead atoms. The van der Waals surface area contributed by atoms with E-state index in [1.165, 1.54) is 19.8 Å². The Morgan fingerprint density at radius 1 is 1.11 bits per heavy atom. The fraction of sp³-hybridized carbons (Fsp3) is 0.486. The van der Waals surface area contributed by atoms with Crippen LogP contribution in [0.25, 0.3) is 0 Å². The Balaban J connectivity index is 1.82. The van der Waals surface area contributed by atoms with Crippen molar-refractivity contribution in [1.29, 1.82) is 0 Å². The average Bonchev–Trinajstić information content (AvgIpc) is 3.55. The van der Waals surface area contributed by atoms with Gasteiger partial charge in [-0.25, -0.2) is 0 Å². The molecule has 0 saturated carbocycles. The predicted octanol–water partition coefficient (Wildman–Crippen LogP) is 1.22. The summed E-state index contributed by atoms with van der Waals surface area (Å²) in [5, 5.41) is 2.81. The molecule has 11 nitrogen and oxygen atoms in total. The van der Waals surface area contributed by atoms with Crippen molar-refractivity contribution in [2.45, 2.75) is 69.8 Å². The monoisotopic (exact) mass is 645 g/mol. The maximum atomic E-state index is 14.1. The van der Waals surface area contributed by atoms with Crippen LogP contribution in [0.4, 0.5) is 4.79 Å². The molecule has 0 aromatic heterocycles. The third kappa shape index (κ3) is 10.6. The van der Waals surface area contributed by atoms with Crippen LogP contribution < -0.4 is 15.8 Å². The number of likely N-dealkylation sites (tertiary alicyclic amines) is 1. The number of methoxy groups -OCH3 is 1. The molecule has 2 aromatic rings. The van der Waals surface area contributed by atoms with Crippen LogP contribution in [0, 0.1) is 12.3 Å². The molecule has 3 N–H and O–H groups in total. The summed E-state index contributed by atoms with van der Waals surface area (Å²) in [7, 11) is 4.49. The Hall–Kier alpha value is -4.34. The van der Waals surface area contributed by atoms with Crippen LogP contribution in [0.5, 0.6) is 5.75 Å². The second kappa shape index (κ2) is 18.1. The molecular weight excluding hydrogens is 597 g/mol. The molecule has 1 saturated heterocycles. The topological polar surface area (TPSA) is 135 Å². The first-order valence-corrected chi connectivity index (χ1v) is 16.1. The van der Waals surface area contributed by atoms with Crippen LogP contribution in [0.15, 0.2) is 54.6 Å². The van der Waals surface area contributed by atoms with E-state index in [9.17, 15) is 19.2 Å². The van der Waals surface area contributed by atoms with Crippen LogP contribution in [0.1, 0.15) is 37.8 Å². The van der Waals surface area contributed by atoms with Gasteiger partial charge in [0.15, 0.2) is 5.81 Å². The molecule has 1 aliphatic heterocycles. The zero-order chi connectivity index (χ0) is 34.5. The van der Waals surface area contributed by atoms with Gasteiger partial charge in [-0.2, -0.15) is 0 Å². The number of benzene rings is 2. The van der Waals surface area contributed by atoms with Crippen molar-refractivity contribution in [3.63, 3.8) is 0 Å². The summed E-state index contributed by atoms with van der Waals surface area (Å²) in [6.07, 6.45) is 7.05. The first-order valence-electron chi connectivity index (χ1n) is 16.1. The SMILES string of the molecule is BC(=O)N(C)[C@@H](C)C(=O)N[C@H](C(=O)N1CCC[C@H]1CN(CCc1ccccc1)C(=O)[C@H](N)Cc1ccc(OC)cc1)[C@@H](C)OCC#C. The van der Waals surface area contributed by atoms with E-state index in [0.29, 0.717) is 32.4 Å². The second-order valence-corrected chi connectivity index (χ2v) is 12.0. The lowest BCUT2D eigenvalue weighted by Gasteiger charge is -2.36. The Morgan fingerprint density at radius 2 is 1.79 bits per heavy atom. The van der Waals surface area contributed by atoms with Crippen molar-refractivity contribution < 1.29 is 28.7 Å². The summed E-state index contributed by atoms with van der Waals surface area (Å²) in [6.45, 7) is 4.40. The highest BCUT2D eigenvalue weighted by molar-refractivity contribution is 6.57. The number of carbonyl (C=O) groups excluding carboxylic acids is 4. The molecule has 0 spiro atoms. The molecule has 3 rings (SSSR count). The van der Waals surface area contributed by atoms with Gasteiger partial charge >= 0.3 is 0 Å². The molecule has 2 aromatic carbocycles. The lowest BCUT2D eigenvalue weighted by Crippen LogP contribution is -2.59. The van der Waals surface area contributed by atoms with Crippen molar-refractivity contribution >= 4 is 31.4 Å². The lowest BCUT2D eigenvalue weighted by molar-refractivity contribution is -0.143. The Kier molecular flexibility index (Phi) is 14.3. The number of hydrogen-bond acceptors (Lipinski definition) is 7. The summed E-state index contributed by atoms with van der Waals surface area (Å²) in [4.78, 5) is 57.9. The van der Waals surface area contributed by atoms with Crippen molar-refractivity contribution in [2.75, 3.05) is 40.4 Å². The summed E-state index contributed by atoms with van der Waals surface area (Å²) in [6, 6.07) is 14.4. The van der Waals surface area contributed by atoms with Crippen LogP contribution in [0.3, 0.4) is 0 Å². The maximum absolute atomic E-state index is 14.1. The molecule has 252 valence electrons. The number of terminal acetylenes is 1. The van der Waals surface area contributed by atoms with E-state index in [-0.39, 0.29) is 36.8 Å². The molecule has 5 atom stereocenters. The maximum Gasteiger partial charge on any atom is 0.248 e. The minimum Gasteiger partial charge on any atom is -0.497 e. The number of nitrogens with two attached hydrogens (primary N) is 1. The highest BCUT2D eigenvalue weighted by Gasteiger charge is 2.39. The number of likely N-dealkylation sites (N-methyl/N-ethyl adjacent to an activating group) is 1. The lowest BCUT2D eigenvalue weighted by atomic mass is 10.0. The van der Waals surface area contributed by atoms with Crippen LogP contribution >= 0.6 is 0 Å². The smallest absolute Gasteiger partial charge is 0.248 e. The highest BCUT2D eigenvalue weighted by atomic mass is 16.5. The predicted molar refractivity (Wildman–Crippen MR) is 183 cm³/mol. The molecule has 1 heterocycles. The zero-order valence-electron chi connectivity index (χ0n) is 28.2. The second-order valence-electron chi connectivity index (χ2n) is 12.0. The summed E-state index contributed by atoms with van der Waals surface area (Å²) in [5.74, 6) is 1.82. The van der Waals surface area contributed by atoms with E-state index in [1.807, 2.05) is 54.6 Å². The van der Waals surface area contributed by atoms with Gasteiger partial charge in [0.05, 0.1) is 19.3 Å². The minimum atomic E-state index is -1.05. The molecule has 1 aliphatic rings. The highest BCUT2D eigenvalue weighted by Crippen LogP contribution is 2.22. The first-order chi connectivity index (χ1) is 22.5. The van der Waals surface area contributed by atoms with Crippen molar-refractivity contribution in [1.82, 2.24) is 20.0 Å². The largest absolute Gasteiger partial charge is 0.497 e. The number of carbonyl (C=O) groups is 4. The fourth-order valence-electron chi connectivity index (χ4n) is 5.66. The summed E-state index contributed by atoms with van der Waals surface area (Å²) < 4.78 is 10.9. The summed E-state index contributed by atoms with van der Waals surface area (Å²) >= 11 is 0. The number of ether oxygens (including phenoxy) is 2. The number of nitrogens with zero attached hydrogens (tertiary/aromatic N) is 3. The Morgan fingerprint density at radius 3 is 2.40 bits per heavy atom. The molecule has 4 amide bonds. The quantitative estimate of drug-likeness (QED) is 0.207. The Labute approximate surface area is 279 Å². The number of nitrogens with one attached hydrogen (secondary N) is 1. The zero-order valence-corrected chi connectivity index (χ0v) is 28.2. The first kappa shape index (κ1) is 37.1. The third-order valence-electron chi connectivity index (χ3n) is 8.77. The van der Waals surface area contributed by atoms with E-state index < -0.39 is 30.1 Å². The van der Waals surface area contributed by atoms with E-state index in [1.54, 1.807) is 30.8 Å². The molecule has 47 heavy (non-hydrogen) atoms. The van der Waals surface area contributed by atoms with Gasteiger partial charge in [0, 0.05) is 32.7 Å². The molecule has 1 fully saturated rings. The van der Waals surface area contributed by atoms with Gasteiger partial charge < -0.3 is 35.2 Å². The molecule has 0 radical (unpaired) electrons. The van der Waals surface area contributed by atoms with Crippen LogP contribution in [-0.2, 0) is 32.0 Å². The molecule has 12 heteroatoms. The fourth-order valence-corrected chi connectivity index (χ4v) is 5.66. The average molecular weight is 646 g/mol. The van der Waals surface area contributed by atoms with Crippen molar-refractivity contribution in [3.05, 3.63) is 65.7 Å². The van der Waals surface area contributed by atoms with Gasteiger partial charge in [0.1, 0.15) is 24.4 Å². The van der Waals surface area contributed by atoms with E-state index in [2.05, 4.69) is 11.2 Å². The van der Waals surface area contributed by atoms with Crippen LogP contribution in [0.2, 0.25) is 0 Å². The molecular formula is C35H48BN5O6. The van der Waals surface area contributed by atoms with Crippen molar-refractivity contribution in [2.24, 2.45) is 5.73 Å². The number of rotatable bonds is 16. The molecule has 0 unspecified atom stereocenters. The molecule has 0 aliphatic carbocycles. The number of amides is 4. The van der Waals surface area contributed by atoms with E-state index >= 15 is 0 Å². The van der Waals surface area contributed by atoms with Crippen molar-refractivity contribution in [3.8, 4) is 18.1 Å². The third-order valence-corrected chi connectivity index (χ3v) is 8.77. The van der Waals surface area contributed by atoms with E-state index in [4.69, 9.17) is 21.6 Å². The van der Waals surface area contributed by atoms with Crippen LogP contribution in [-0.4, -0.2) is 117 Å². The van der Waals surface area contributed by atoms with Gasteiger partial charge in [-0.15, -0.1) is 6.42 Å².